The lowest BCUT2D eigenvalue weighted by Gasteiger charge is -2.47. The third-order valence-electron chi connectivity index (χ3n) is 9.35. The Morgan fingerprint density at radius 3 is 2.56 bits per heavy atom. The molecule has 39 heavy (non-hydrogen) atoms. The molecule has 214 valence electrons. The van der Waals surface area contributed by atoms with Gasteiger partial charge in [0.15, 0.2) is 5.78 Å². The Labute approximate surface area is 240 Å². The number of carbonyl (C=O) groups is 3. The molecule has 1 saturated carbocycles. The quantitative estimate of drug-likeness (QED) is 0.505. The van der Waals surface area contributed by atoms with Gasteiger partial charge < -0.3 is 19.7 Å². The number of ether oxygens (including phenoxy) is 2. The number of nitrogens with one attached hydrogen (secondary N) is 1. The van der Waals surface area contributed by atoms with Crippen LogP contribution in [-0.4, -0.2) is 85.7 Å². The van der Waals surface area contributed by atoms with Gasteiger partial charge in [-0.1, -0.05) is 36.2 Å². The Balaban J connectivity index is 1.48. The van der Waals surface area contributed by atoms with Crippen LogP contribution in [0.2, 0.25) is 10.0 Å². The van der Waals surface area contributed by atoms with E-state index in [0.717, 1.165) is 44.1 Å². The Morgan fingerprint density at radius 2 is 1.87 bits per heavy atom. The predicted molar refractivity (Wildman–Crippen MR) is 149 cm³/mol. The molecule has 0 bridgehead atoms. The third kappa shape index (κ3) is 5.54. The maximum absolute atomic E-state index is 14.8. The monoisotopic (exact) mass is 579 g/mol. The minimum atomic E-state index is -1.29. The Morgan fingerprint density at radius 1 is 1.13 bits per heavy atom. The number of nitrogens with zero attached hydrogens (tertiary/aromatic N) is 2. The number of ketones is 1. The van der Waals surface area contributed by atoms with Gasteiger partial charge in [-0.05, 0) is 68.6 Å². The van der Waals surface area contributed by atoms with Crippen molar-refractivity contribution in [2.75, 3.05) is 46.5 Å². The second-order valence-corrected chi connectivity index (χ2v) is 12.7. The number of likely N-dealkylation sites (N-methyl/N-ethyl adjacent to an activating group) is 1. The summed E-state index contributed by atoms with van der Waals surface area (Å²) in [5.74, 6) is -0.239. The Bertz CT molecular complexity index is 1110. The van der Waals surface area contributed by atoms with E-state index in [-0.39, 0.29) is 36.2 Å². The zero-order valence-corrected chi connectivity index (χ0v) is 24.4. The van der Waals surface area contributed by atoms with Crippen LogP contribution in [0.25, 0.3) is 0 Å². The number of rotatable bonds is 7. The summed E-state index contributed by atoms with van der Waals surface area (Å²) in [7, 11) is 1.64. The summed E-state index contributed by atoms with van der Waals surface area (Å²) in [4.78, 5) is 45.2. The van der Waals surface area contributed by atoms with Gasteiger partial charge in [-0.3, -0.25) is 14.5 Å². The smallest absolute Gasteiger partial charge is 0.410 e. The molecule has 4 aliphatic rings. The van der Waals surface area contributed by atoms with Gasteiger partial charge in [-0.2, -0.15) is 0 Å². The van der Waals surface area contributed by atoms with Crippen molar-refractivity contribution in [2.45, 2.75) is 69.4 Å². The van der Waals surface area contributed by atoms with Crippen LogP contribution in [0.5, 0.6) is 0 Å². The van der Waals surface area contributed by atoms with Crippen LogP contribution >= 0.6 is 23.2 Å². The van der Waals surface area contributed by atoms with Crippen LogP contribution in [0.3, 0.4) is 0 Å². The molecule has 1 aliphatic carbocycles. The van der Waals surface area contributed by atoms with Crippen LogP contribution in [-0.2, 0) is 19.1 Å². The van der Waals surface area contributed by atoms with E-state index >= 15 is 0 Å². The molecule has 3 saturated heterocycles. The average Bonchev–Trinajstić information content (AvgIpc) is 3.55. The van der Waals surface area contributed by atoms with Crippen molar-refractivity contribution in [2.24, 2.45) is 11.3 Å². The van der Waals surface area contributed by atoms with E-state index in [9.17, 15) is 14.4 Å². The molecule has 3 aliphatic heterocycles. The van der Waals surface area contributed by atoms with Crippen molar-refractivity contribution in [3.63, 3.8) is 0 Å². The third-order valence-corrected chi connectivity index (χ3v) is 10.1. The van der Waals surface area contributed by atoms with Crippen molar-refractivity contribution in [1.29, 1.82) is 0 Å². The highest BCUT2D eigenvalue weighted by molar-refractivity contribution is 6.42. The van der Waals surface area contributed by atoms with Gasteiger partial charge in [0.25, 0.3) is 5.91 Å². The van der Waals surface area contributed by atoms with Crippen LogP contribution in [0, 0.1) is 11.3 Å². The number of benzene rings is 1. The molecule has 1 aromatic rings. The van der Waals surface area contributed by atoms with E-state index in [1.165, 1.54) is 4.90 Å². The molecule has 5 rings (SSSR count). The molecule has 1 aromatic carbocycles. The fraction of sp³-hybridized carbons (Fsp3) is 0.690. The summed E-state index contributed by atoms with van der Waals surface area (Å²) < 4.78 is 11.2. The average molecular weight is 581 g/mol. The Kier molecular flexibility index (Phi) is 8.49. The van der Waals surface area contributed by atoms with Gasteiger partial charge in [0.1, 0.15) is 5.54 Å². The molecule has 4 fully saturated rings. The van der Waals surface area contributed by atoms with Gasteiger partial charge in [0, 0.05) is 51.2 Å². The lowest BCUT2D eigenvalue weighted by atomic mass is 9.78. The topological polar surface area (TPSA) is 88.2 Å². The van der Waals surface area contributed by atoms with E-state index in [1.807, 2.05) is 13.0 Å². The van der Waals surface area contributed by atoms with Crippen molar-refractivity contribution in [3.8, 4) is 0 Å². The standard InChI is InChI=1S/C29H39Cl2N3O5/c1-28(10-11-28)25(35)24-5-3-4-12-34(24)26(36)29(33(2)27(37)39-17-19-8-13-38-14-9-19)18-32-16-21(29)20-6-7-22(30)23(31)15-20/h6-7,15,19,21,24,32H,3-5,8-14,16-18H2,1-2H3/t21-,24?,29+/m1/s1. The highest BCUT2D eigenvalue weighted by Crippen LogP contribution is 2.49. The first-order valence-electron chi connectivity index (χ1n) is 14.2. The first-order valence-corrected chi connectivity index (χ1v) is 14.9. The molecular weight excluding hydrogens is 541 g/mol. The van der Waals surface area contributed by atoms with E-state index in [4.69, 9.17) is 32.7 Å². The molecule has 10 heteroatoms. The number of Topliss-reactive ketones (excluding diaryl/α,β-unsaturated/α-hetero) is 1. The highest BCUT2D eigenvalue weighted by Gasteiger charge is 2.59. The van der Waals surface area contributed by atoms with Crippen molar-refractivity contribution in [3.05, 3.63) is 33.8 Å². The first-order chi connectivity index (χ1) is 18.7. The molecule has 1 N–H and O–H groups in total. The summed E-state index contributed by atoms with van der Waals surface area (Å²) in [5.41, 5.74) is -0.829. The number of hydrogen-bond donors (Lipinski definition) is 1. The largest absolute Gasteiger partial charge is 0.449 e. The zero-order chi connectivity index (χ0) is 27.8. The second kappa shape index (κ2) is 11.6. The lowest BCUT2D eigenvalue weighted by Crippen LogP contribution is -2.66. The number of carbonyl (C=O) groups excluding carboxylic acids is 3. The highest BCUT2D eigenvalue weighted by atomic mass is 35.5. The van der Waals surface area contributed by atoms with Gasteiger partial charge >= 0.3 is 6.09 Å². The fourth-order valence-corrected chi connectivity index (χ4v) is 6.74. The number of halogens is 2. The summed E-state index contributed by atoms with van der Waals surface area (Å²) in [6.07, 6.45) is 5.24. The molecule has 3 atom stereocenters. The van der Waals surface area contributed by atoms with Crippen molar-refractivity contribution in [1.82, 2.24) is 15.1 Å². The van der Waals surface area contributed by atoms with Crippen LogP contribution in [0.1, 0.15) is 63.4 Å². The summed E-state index contributed by atoms with van der Waals surface area (Å²) in [5, 5.41) is 4.18. The second-order valence-electron chi connectivity index (χ2n) is 11.9. The number of piperidine rings is 1. The maximum atomic E-state index is 14.8. The van der Waals surface area contributed by atoms with Crippen molar-refractivity contribution < 1.29 is 23.9 Å². The first kappa shape index (κ1) is 28.7. The number of hydrogen-bond acceptors (Lipinski definition) is 6. The van der Waals surface area contributed by atoms with E-state index in [1.54, 1.807) is 24.1 Å². The summed E-state index contributed by atoms with van der Waals surface area (Å²) in [6.45, 7) is 4.80. The zero-order valence-electron chi connectivity index (χ0n) is 22.8. The Hall–Kier alpha value is -1.87. The fourth-order valence-electron chi connectivity index (χ4n) is 6.44. The molecule has 1 unspecified atom stereocenters. The van der Waals surface area contributed by atoms with Crippen molar-refractivity contribution >= 4 is 41.0 Å². The molecule has 8 nitrogen and oxygen atoms in total. The molecule has 0 aromatic heterocycles. The minimum absolute atomic E-state index is 0.146. The van der Waals surface area contributed by atoms with Gasteiger partial charge in [0.2, 0.25) is 0 Å². The number of likely N-dealkylation sites (tertiary alicyclic amines) is 1. The molecule has 2 amide bonds. The molecule has 3 heterocycles. The SMILES string of the molecule is CN(C(=O)OCC1CCOCC1)[C@@]1(C(=O)N2CCCCC2C(=O)C2(C)CC2)CNC[C@@H]1c1ccc(Cl)c(Cl)c1. The van der Waals surface area contributed by atoms with Crippen LogP contribution in [0.15, 0.2) is 18.2 Å². The number of amides is 2. The van der Waals surface area contributed by atoms with Gasteiger partial charge in [0.05, 0.1) is 22.7 Å². The van der Waals surface area contributed by atoms with Gasteiger partial charge in [-0.15, -0.1) is 0 Å². The summed E-state index contributed by atoms with van der Waals surface area (Å²) in [6, 6.07) is 4.88. The predicted octanol–water partition coefficient (Wildman–Crippen LogP) is 4.66. The normalized spacial score (nSPS) is 28.7. The molecular formula is C29H39Cl2N3O5. The molecule has 0 radical (unpaired) electrons. The van der Waals surface area contributed by atoms with E-state index in [2.05, 4.69) is 5.32 Å². The van der Waals surface area contributed by atoms with Crippen LogP contribution < -0.4 is 5.32 Å². The van der Waals surface area contributed by atoms with Gasteiger partial charge in [-0.25, -0.2) is 4.79 Å². The van der Waals surface area contributed by atoms with Crippen LogP contribution in [0.4, 0.5) is 4.79 Å². The van der Waals surface area contributed by atoms with E-state index < -0.39 is 23.6 Å². The maximum Gasteiger partial charge on any atom is 0.410 e. The lowest BCUT2D eigenvalue weighted by molar-refractivity contribution is -0.152. The summed E-state index contributed by atoms with van der Waals surface area (Å²) >= 11 is 12.6. The molecule has 0 spiro atoms. The van der Waals surface area contributed by atoms with E-state index in [0.29, 0.717) is 42.8 Å². The minimum Gasteiger partial charge on any atom is -0.449 e.